The molecule has 0 N–H and O–H groups in total. The first-order chi connectivity index (χ1) is 14.6. The van der Waals surface area contributed by atoms with E-state index in [1.807, 2.05) is 0 Å². The third-order valence-electron chi connectivity index (χ3n) is 4.43. The number of benzene rings is 2. The monoisotopic (exact) mass is 420 g/mol. The maximum Gasteiger partial charge on any atom is 0.0778 e. The lowest BCUT2D eigenvalue weighted by molar-refractivity contribution is 1.46. The van der Waals surface area contributed by atoms with Crippen molar-refractivity contribution in [2.75, 3.05) is 0 Å². The fourth-order valence-electron chi connectivity index (χ4n) is 2.72. The topological polar surface area (TPSA) is 0 Å². The SMILES string of the molecule is Cc1ccc(C#Cc2ccc(/C=C/c3ccc(C#Cc4ccc(C)cc4)s3)s2)cc1. The van der Waals surface area contributed by atoms with Crippen LogP contribution in [0.15, 0.2) is 72.8 Å². The molecule has 0 amide bonds. The van der Waals surface area contributed by atoms with Crippen molar-refractivity contribution < 1.29 is 0 Å². The van der Waals surface area contributed by atoms with Crippen molar-refractivity contribution in [2.45, 2.75) is 13.8 Å². The van der Waals surface area contributed by atoms with E-state index in [1.165, 1.54) is 20.9 Å². The Morgan fingerprint density at radius 1 is 0.500 bits per heavy atom. The zero-order chi connectivity index (χ0) is 20.8. The predicted molar refractivity (Wildman–Crippen MR) is 132 cm³/mol. The first kappa shape index (κ1) is 20.0. The highest BCUT2D eigenvalue weighted by molar-refractivity contribution is 7.14. The van der Waals surface area contributed by atoms with Gasteiger partial charge in [0.1, 0.15) is 0 Å². The third kappa shape index (κ3) is 5.62. The van der Waals surface area contributed by atoms with Gasteiger partial charge >= 0.3 is 0 Å². The Hall–Kier alpha value is -3.30. The molecule has 4 rings (SSSR count). The van der Waals surface area contributed by atoms with Crippen molar-refractivity contribution >= 4 is 34.8 Å². The molecule has 0 bridgehead atoms. The van der Waals surface area contributed by atoms with Crippen LogP contribution in [-0.4, -0.2) is 0 Å². The lowest BCUT2D eigenvalue weighted by Crippen LogP contribution is -1.74. The fourth-order valence-corrected chi connectivity index (χ4v) is 4.25. The molecule has 0 radical (unpaired) electrons. The van der Waals surface area contributed by atoms with Crippen LogP contribution in [-0.2, 0) is 0 Å². The highest BCUT2D eigenvalue weighted by atomic mass is 32.1. The fraction of sp³-hybridized carbons (Fsp3) is 0.0714. The second-order valence-corrected chi connectivity index (χ2v) is 9.20. The van der Waals surface area contributed by atoms with Gasteiger partial charge in [-0.25, -0.2) is 0 Å². The Balaban J connectivity index is 1.40. The molecule has 0 aliphatic heterocycles. The van der Waals surface area contributed by atoms with Gasteiger partial charge in [0.2, 0.25) is 0 Å². The average molecular weight is 421 g/mol. The Labute approximate surface area is 186 Å². The Bertz CT molecular complexity index is 1190. The molecule has 0 aliphatic carbocycles. The van der Waals surface area contributed by atoms with Crippen LogP contribution in [0.1, 0.15) is 41.8 Å². The van der Waals surface area contributed by atoms with Gasteiger partial charge in [0.15, 0.2) is 0 Å². The molecule has 0 unspecified atom stereocenters. The average Bonchev–Trinajstić information content (AvgIpc) is 3.41. The van der Waals surface area contributed by atoms with Crippen LogP contribution in [0.25, 0.3) is 12.2 Å². The predicted octanol–water partition coefficient (Wildman–Crippen LogP) is 7.40. The lowest BCUT2D eigenvalue weighted by atomic mass is 10.1. The molecular formula is C28H20S2. The zero-order valence-electron chi connectivity index (χ0n) is 16.9. The zero-order valence-corrected chi connectivity index (χ0v) is 18.5. The van der Waals surface area contributed by atoms with E-state index in [0.29, 0.717) is 0 Å². The minimum Gasteiger partial charge on any atom is -0.127 e. The van der Waals surface area contributed by atoms with Crippen LogP contribution in [0.5, 0.6) is 0 Å². The van der Waals surface area contributed by atoms with Crippen molar-refractivity contribution in [1.82, 2.24) is 0 Å². The lowest BCUT2D eigenvalue weighted by Gasteiger charge is -1.91. The van der Waals surface area contributed by atoms with E-state index in [4.69, 9.17) is 0 Å². The molecule has 0 spiro atoms. The van der Waals surface area contributed by atoms with Gasteiger partial charge in [0.05, 0.1) is 9.75 Å². The van der Waals surface area contributed by atoms with E-state index in [2.05, 4.69) is 122 Å². The highest BCUT2D eigenvalue weighted by Gasteiger charge is 1.97. The third-order valence-corrected chi connectivity index (χ3v) is 6.36. The number of thiophene rings is 2. The molecule has 0 aliphatic rings. The molecule has 144 valence electrons. The Kier molecular flexibility index (Phi) is 6.31. The molecule has 0 saturated carbocycles. The number of hydrogen-bond acceptors (Lipinski definition) is 2. The summed E-state index contributed by atoms with van der Waals surface area (Å²) in [5.74, 6) is 13.0. The molecule has 2 aromatic heterocycles. The van der Waals surface area contributed by atoms with Crippen LogP contribution >= 0.6 is 22.7 Å². The van der Waals surface area contributed by atoms with Gasteiger partial charge in [-0.05, 0) is 74.5 Å². The van der Waals surface area contributed by atoms with Gasteiger partial charge in [-0.2, -0.15) is 0 Å². The summed E-state index contributed by atoms with van der Waals surface area (Å²) in [5.41, 5.74) is 4.59. The van der Waals surface area contributed by atoms with E-state index >= 15 is 0 Å². The van der Waals surface area contributed by atoms with E-state index < -0.39 is 0 Å². The Morgan fingerprint density at radius 3 is 1.30 bits per heavy atom. The summed E-state index contributed by atoms with van der Waals surface area (Å²) in [6.45, 7) is 4.17. The molecule has 30 heavy (non-hydrogen) atoms. The summed E-state index contributed by atoms with van der Waals surface area (Å²) in [7, 11) is 0. The largest absolute Gasteiger partial charge is 0.127 e. The van der Waals surface area contributed by atoms with Gasteiger partial charge in [-0.15, -0.1) is 22.7 Å². The first-order valence-electron chi connectivity index (χ1n) is 9.69. The minimum absolute atomic E-state index is 1.05. The van der Waals surface area contributed by atoms with Crippen LogP contribution in [0.3, 0.4) is 0 Å². The van der Waals surface area contributed by atoms with Gasteiger partial charge in [-0.1, -0.05) is 59.1 Å². The van der Waals surface area contributed by atoms with Gasteiger partial charge in [0, 0.05) is 20.9 Å². The highest BCUT2D eigenvalue weighted by Crippen LogP contribution is 2.22. The van der Waals surface area contributed by atoms with E-state index in [9.17, 15) is 0 Å². The molecule has 0 nitrogen and oxygen atoms in total. The Morgan fingerprint density at radius 2 is 0.900 bits per heavy atom. The molecule has 0 saturated heterocycles. The van der Waals surface area contributed by atoms with Crippen molar-refractivity contribution in [1.29, 1.82) is 0 Å². The molecular weight excluding hydrogens is 400 g/mol. The molecule has 2 heteroatoms. The quantitative estimate of drug-likeness (QED) is 0.296. The number of hydrogen-bond donors (Lipinski definition) is 0. The number of rotatable bonds is 2. The van der Waals surface area contributed by atoms with Crippen molar-refractivity contribution in [2.24, 2.45) is 0 Å². The summed E-state index contributed by atoms with van der Waals surface area (Å²) >= 11 is 3.41. The summed E-state index contributed by atoms with van der Waals surface area (Å²) in [6, 6.07) is 25.0. The first-order valence-corrected chi connectivity index (χ1v) is 11.3. The molecule has 2 heterocycles. The second-order valence-electron chi connectivity index (χ2n) is 6.97. The van der Waals surface area contributed by atoms with Crippen LogP contribution in [0.4, 0.5) is 0 Å². The molecule has 0 atom stereocenters. The normalized spacial score (nSPS) is 10.3. The maximum absolute atomic E-state index is 3.26. The van der Waals surface area contributed by atoms with E-state index in [1.54, 1.807) is 22.7 Å². The molecule has 4 aromatic rings. The van der Waals surface area contributed by atoms with Gasteiger partial charge in [0.25, 0.3) is 0 Å². The second kappa shape index (κ2) is 9.47. The maximum atomic E-state index is 3.26. The van der Waals surface area contributed by atoms with Gasteiger partial charge in [-0.3, -0.25) is 0 Å². The van der Waals surface area contributed by atoms with Crippen LogP contribution in [0.2, 0.25) is 0 Å². The van der Waals surface area contributed by atoms with Crippen molar-refractivity contribution in [3.63, 3.8) is 0 Å². The molecule has 2 aromatic carbocycles. The van der Waals surface area contributed by atoms with Crippen molar-refractivity contribution in [3.8, 4) is 23.7 Å². The summed E-state index contributed by atoms with van der Waals surface area (Å²) in [4.78, 5) is 4.55. The molecule has 0 fully saturated rings. The summed E-state index contributed by atoms with van der Waals surface area (Å²) in [6.07, 6.45) is 4.29. The van der Waals surface area contributed by atoms with Crippen molar-refractivity contribution in [3.05, 3.63) is 115 Å². The van der Waals surface area contributed by atoms with Gasteiger partial charge < -0.3 is 0 Å². The smallest absolute Gasteiger partial charge is 0.0778 e. The van der Waals surface area contributed by atoms with E-state index in [0.717, 1.165) is 20.9 Å². The minimum atomic E-state index is 1.05. The number of aryl methyl sites for hydroxylation is 2. The standard InChI is InChI=1S/C28H20S2/c1-21-3-7-23(8-4-21)11-13-25-15-17-27(29-25)19-20-28-18-16-26(30-28)14-12-24-9-5-22(2)6-10-24/h3-10,15-20H,1-2H3/b20-19+. The van der Waals surface area contributed by atoms with Crippen LogP contribution in [0, 0.1) is 37.5 Å². The van der Waals surface area contributed by atoms with Crippen LogP contribution < -0.4 is 0 Å². The van der Waals surface area contributed by atoms with E-state index in [-0.39, 0.29) is 0 Å². The summed E-state index contributed by atoms with van der Waals surface area (Å²) in [5, 5.41) is 0. The summed E-state index contributed by atoms with van der Waals surface area (Å²) < 4.78 is 0.